The fourth-order valence-corrected chi connectivity index (χ4v) is 2.55. The topological polar surface area (TPSA) is 32.6 Å². The highest BCUT2D eigenvalue weighted by atomic mass is 79.9. The number of hydrogen-bond acceptors (Lipinski definition) is 2. The van der Waals surface area contributed by atoms with Crippen molar-refractivity contribution in [1.82, 2.24) is 0 Å². The lowest BCUT2D eigenvalue weighted by atomic mass is 10.2. The summed E-state index contributed by atoms with van der Waals surface area (Å²) in [6.07, 6.45) is 0. The van der Waals surface area contributed by atoms with Crippen molar-refractivity contribution in [3.63, 3.8) is 0 Å². The number of hydrogen-bond donors (Lipinski definition) is 1. The maximum absolute atomic E-state index is 8.45. The van der Waals surface area contributed by atoms with Gasteiger partial charge in [0, 0.05) is 14.5 Å². The zero-order valence-corrected chi connectivity index (χ0v) is 9.69. The molecule has 1 aromatic carbocycles. The molecular weight excluding hydrogens is 309 g/mol. The Bertz CT molecular complexity index is 307. The van der Waals surface area contributed by atoms with Crippen LogP contribution < -0.4 is 0 Å². The summed E-state index contributed by atoms with van der Waals surface area (Å²) >= 11 is 12.2. The van der Waals surface area contributed by atoms with Crippen LogP contribution >= 0.6 is 43.5 Å². The van der Waals surface area contributed by atoms with Gasteiger partial charge in [0.25, 0.3) is 0 Å². The van der Waals surface area contributed by atoms with E-state index < -0.39 is 0 Å². The highest BCUT2D eigenvalue weighted by molar-refractivity contribution is 9.11. The molecule has 12 heavy (non-hydrogen) atoms. The minimum absolute atomic E-state index is 0.0503. The van der Waals surface area contributed by atoms with Crippen molar-refractivity contribution in [3.05, 3.63) is 32.7 Å². The third-order valence-corrected chi connectivity index (χ3v) is 2.84. The number of halogens is 3. The quantitative estimate of drug-likeness (QED) is 0.480. The molecule has 1 aromatic rings. The minimum atomic E-state index is 0.0503. The first kappa shape index (κ1) is 10.0. The molecule has 0 heterocycles. The molecule has 0 aliphatic carbocycles. The molecule has 0 atom stereocenters. The number of nitrogens with zero attached hydrogens (tertiary/aromatic N) is 1. The van der Waals surface area contributed by atoms with Crippen LogP contribution in [0.5, 0.6) is 0 Å². The number of rotatable bonds is 1. The minimum Gasteiger partial charge on any atom is -0.410 e. The molecule has 0 fully saturated rings. The van der Waals surface area contributed by atoms with E-state index in [1.165, 1.54) is 0 Å². The van der Waals surface area contributed by atoms with E-state index in [4.69, 9.17) is 16.8 Å². The van der Waals surface area contributed by atoms with Gasteiger partial charge in [0.1, 0.15) is 0 Å². The van der Waals surface area contributed by atoms with Gasteiger partial charge in [-0.15, -0.1) is 0 Å². The predicted molar refractivity (Wildman–Crippen MR) is 56.0 cm³/mol. The van der Waals surface area contributed by atoms with Gasteiger partial charge in [-0.25, -0.2) is 0 Å². The first-order valence-corrected chi connectivity index (χ1v) is 4.95. The molecular formula is C7H4Br2ClNO. The van der Waals surface area contributed by atoms with Crippen LogP contribution in [0.3, 0.4) is 0 Å². The lowest BCUT2D eigenvalue weighted by Crippen LogP contribution is -1.93. The fourth-order valence-electron chi connectivity index (χ4n) is 0.745. The zero-order chi connectivity index (χ0) is 9.14. The van der Waals surface area contributed by atoms with Crippen molar-refractivity contribution in [2.45, 2.75) is 0 Å². The van der Waals surface area contributed by atoms with Crippen molar-refractivity contribution in [2.24, 2.45) is 5.16 Å². The van der Waals surface area contributed by atoms with Crippen LogP contribution in [0.15, 0.2) is 32.3 Å². The molecule has 0 bridgehead atoms. The van der Waals surface area contributed by atoms with Gasteiger partial charge in [0.15, 0.2) is 5.17 Å². The van der Waals surface area contributed by atoms with E-state index in [2.05, 4.69) is 37.0 Å². The van der Waals surface area contributed by atoms with Gasteiger partial charge in [-0.2, -0.15) is 0 Å². The highest BCUT2D eigenvalue weighted by Gasteiger charge is 2.09. The summed E-state index contributed by atoms with van der Waals surface area (Å²) in [5.41, 5.74) is 0.640. The fraction of sp³-hybridized carbons (Fsp3) is 0. The molecule has 0 saturated carbocycles. The largest absolute Gasteiger partial charge is 0.410 e. The second-order valence-electron chi connectivity index (χ2n) is 1.99. The van der Waals surface area contributed by atoms with Crippen LogP contribution in [-0.2, 0) is 0 Å². The molecule has 1 rings (SSSR count). The Morgan fingerprint density at radius 1 is 1.33 bits per heavy atom. The average Bonchev–Trinajstić information content (AvgIpc) is 2.03. The summed E-state index contributed by atoms with van der Waals surface area (Å²) in [4.78, 5) is 0. The smallest absolute Gasteiger partial charge is 0.177 e. The Morgan fingerprint density at radius 3 is 2.25 bits per heavy atom. The Hall–Kier alpha value is -0.0600. The van der Waals surface area contributed by atoms with Crippen molar-refractivity contribution < 1.29 is 5.21 Å². The second-order valence-corrected chi connectivity index (χ2v) is 4.05. The second kappa shape index (κ2) is 4.25. The van der Waals surface area contributed by atoms with E-state index in [1.54, 1.807) is 0 Å². The molecule has 2 nitrogen and oxygen atoms in total. The maximum atomic E-state index is 8.45. The Balaban J connectivity index is 3.31. The van der Waals surface area contributed by atoms with Crippen molar-refractivity contribution >= 4 is 48.6 Å². The van der Waals surface area contributed by atoms with Crippen LogP contribution in [-0.4, -0.2) is 10.4 Å². The molecule has 5 heteroatoms. The lowest BCUT2D eigenvalue weighted by molar-refractivity contribution is 0.321. The SMILES string of the molecule is O/N=C(\Cl)c1c(Br)cccc1Br. The average molecular weight is 313 g/mol. The van der Waals surface area contributed by atoms with Crippen LogP contribution in [0.25, 0.3) is 0 Å². The Kier molecular flexibility index (Phi) is 3.55. The van der Waals surface area contributed by atoms with Gasteiger partial charge in [-0.1, -0.05) is 54.7 Å². The van der Waals surface area contributed by atoms with E-state index >= 15 is 0 Å². The molecule has 0 amide bonds. The van der Waals surface area contributed by atoms with Crippen LogP contribution in [0.4, 0.5) is 0 Å². The van der Waals surface area contributed by atoms with Crippen molar-refractivity contribution in [1.29, 1.82) is 0 Å². The first-order chi connectivity index (χ1) is 5.66. The molecule has 64 valence electrons. The molecule has 0 aliphatic heterocycles. The number of oxime groups is 1. The predicted octanol–water partition coefficient (Wildman–Crippen LogP) is 3.59. The molecule has 0 aromatic heterocycles. The van der Waals surface area contributed by atoms with E-state index in [0.717, 1.165) is 8.95 Å². The normalized spacial score (nSPS) is 11.8. The van der Waals surface area contributed by atoms with E-state index in [9.17, 15) is 0 Å². The van der Waals surface area contributed by atoms with Gasteiger partial charge in [-0.05, 0) is 12.1 Å². The van der Waals surface area contributed by atoms with E-state index in [1.807, 2.05) is 18.2 Å². The highest BCUT2D eigenvalue weighted by Crippen LogP contribution is 2.26. The molecule has 0 saturated heterocycles. The van der Waals surface area contributed by atoms with Gasteiger partial charge in [0.05, 0.1) is 0 Å². The summed E-state index contributed by atoms with van der Waals surface area (Å²) in [6, 6.07) is 5.47. The molecule has 0 aliphatic rings. The summed E-state index contributed by atoms with van der Waals surface area (Å²) in [6.45, 7) is 0. The molecule has 0 spiro atoms. The summed E-state index contributed by atoms with van der Waals surface area (Å²) in [7, 11) is 0. The van der Waals surface area contributed by atoms with Gasteiger partial charge >= 0.3 is 0 Å². The Labute approximate surface area is 91.5 Å². The molecule has 1 N–H and O–H groups in total. The Morgan fingerprint density at radius 2 is 1.83 bits per heavy atom. The lowest BCUT2D eigenvalue weighted by Gasteiger charge is -2.02. The third kappa shape index (κ3) is 2.00. The van der Waals surface area contributed by atoms with Crippen molar-refractivity contribution in [3.8, 4) is 0 Å². The number of benzene rings is 1. The maximum Gasteiger partial charge on any atom is 0.177 e. The van der Waals surface area contributed by atoms with Gasteiger partial charge < -0.3 is 5.21 Å². The van der Waals surface area contributed by atoms with Crippen LogP contribution in [0.1, 0.15) is 5.56 Å². The van der Waals surface area contributed by atoms with E-state index in [0.29, 0.717) is 5.56 Å². The monoisotopic (exact) mass is 311 g/mol. The zero-order valence-electron chi connectivity index (χ0n) is 5.76. The summed E-state index contributed by atoms with van der Waals surface area (Å²) in [5.74, 6) is 0. The summed E-state index contributed by atoms with van der Waals surface area (Å²) < 4.78 is 1.55. The van der Waals surface area contributed by atoms with Crippen molar-refractivity contribution in [2.75, 3.05) is 0 Å². The standard InChI is InChI=1S/C7H4Br2ClNO/c8-4-2-1-3-5(9)6(4)7(10)11-12/h1-3,12H/b11-7-. The third-order valence-electron chi connectivity index (χ3n) is 1.26. The molecule has 0 radical (unpaired) electrons. The van der Waals surface area contributed by atoms with E-state index in [-0.39, 0.29) is 5.17 Å². The molecule has 0 unspecified atom stereocenters. The van der Waals surface area contributed by atoms with Gasteiger partial charge in [-0.3, -0.25) is 0 Å². The van der Waals surface area contributed by atoms with Crippen LogP contribution in [0, 0.1) is 0 Å². The van der Waals surface area contributed by atoms with Gasteiger partial charge in [0.2, 0.25) is 0 Å². The summed E-state index contributed by atoms with van der Waals surface area (Å²) in [5, 5.41) is 11.4. The first-order valence-electron chi connectivity index (χ1n) is 2.98. The van der Waals surface area contributed by atoms with Crippen LogP contribution in [0.2, 0.25) is 0 Å².